The van der Waals surface area contributed by atoms with Gasteiger partial charge in [-0.2, -0.15) is 0 Å². The van der Waals surface area contributed by atoms with Crippen molar-refractivity contribution in [1.29, 1.82) is 0 Å². The van der Waals surface area contributed by atoms with Crippen LogP contribution < -0.4 is 0 Å². The maximum Gasteiger partial charge on any atom is 0.0359 e. The van der Waals surface area contributed by atoms with Crippen LogP contribution in [0.5, 0.6) is 0 Å². The fraction of sp³-hybridized carbons (Fsp3) is 0.833. The van der Waals surface area contributed by atoms with Crippen LogP contribution in [0, 0.1) is 11.8 Å². The Hall–Kier alpha value is -0.243. The molecule has 0 aliphatic rings. The minimum atomic E-state index is 0.671. The number of nitrogens with zero attached hydrogens (tertiary/aromatic N) is 1. The van der Waals surface area contributed by atoms with E-state index in [0.717, 1.165) is 19.0 Å². The SMILES string of the molecule is CCN(CC)C(=C([SiH3])C(C)C)C(C)C. The van der Waals surface area contributed by atoms with E-state index < -0.39 is 0 Å². The van der Waals surface area contributed by atoms with Gasteiger partial charge in [-0.05, 0) is 25.7 Å². The van der Waals surface area contributed by atoms with Crippen molar-refractivity contribution < 1.29 is 0 Å². The van der Waals surface area contributed by atoms with E-state index in [1.54, 1.807) is 10.9 Å². The number of allylic oxidation sites excluding steroid dienone is 2. The van der Waals surface area contributed by atoms with Gasteiger partial charge in [0.2, 0.25) is 0 Å². The summed E-state index contributed by atoms with van der Waals surface area (Å²) < 4.78 is 0. The first-order chi connectivity index (χ1) is 6.45. The van der Waals surface area contributed by atoms with E-state index in [0.29, 0.717) is 5.92 Å². The zero-order chi connectivity index (χ0) is 11.3. The first-order valence-corrected chi connectivity index (χ1v) is 6.91. The van der Waals surface area contributed by atoms with Gasteiger partial charge in [-0.1, -0.05) is 32.9 Å². The molecule has 0 radical (unpaired) electrons. The van der Waals surface area contributed by atoms with Crippen molar-refractivity contribution in [3.05, 3.63) is 10.9 Å². The molecule has 0 spiro atoms. The molecule has 0 aliphatic heterocycles. The van der Waals surface area contributed by atoms with Crippen molar-refractivity contribution in [2.75, 3.05) is 13.1 Å². The van der Waals surface area contributed by atoms with Gasteiger partial charge in [-0.25, -0.2) is 0 Å². The van der Waals surface area contributed by atoms with Gasteiger partial charge in [0, 0.05) is 29.0 Å². The highest BCUT2D eigenvalue weighted by atomic mass is 28.1. The highest BCUT2D eigenvalue weighted by molar-refractivity contribution is 6.22. The zero-order valence-electron chi connectivity index (χ0n) is 11.0. The molecule has 0 aliphatic carbocycles. The van der Waals surface area contributed by atoms with E-state index in [-0.39, 0.29) is 0 Å². The summed E-state index contributed by atoms with van der Waals surface area (Å²) in [7, 11) is 1.20. The molecule has 1 nitrogen and oxygen atoms in total. The molecule has 0 atom stereocenters. The molecule has 0 aromatic carbocycles. The monoisotopic (exact) mass is 213 g/mol. The standard InChI is InChI=1S/C12H27NSi/c1-7-13(8-2)11(9(3)4)12(14)10(5)6/h9-10H,7-8H2,1-6,14H3. The fourth-order valence-electron chi connectivity index (χ4n) is 1.93. The number of hydrogen-bond donors (Lipinski definition) is 0. The molecule has 0 bridgehead atoms. The average Bonchev–Trinajstić information content (AvgIpc) is 2.12. The predicted molar refractivity (Wildman–Crippen MR) is 69.6 cm³/mol. The topological polar surface area (TPSA) is 3.24 Å². The maximum absolute atomic E-state index is 2.52. The Morgan fingerprint density at radius 1 is 1.00 bits per heavy atom. The van der Waals surface area contributed by atoms with Crippen molar-refractivity contribution in [3.8, 4) is 0 Å². The van der Waals surface area contributed by atoms with Gasteiger partial charge in [0.1, 0.15) is 0 Å². The summed E-state index contributed by atoms with van der Waals surface area (Å²) in [5, 5.41) is 1.68. The lowest BCUT2D eigenvalue weighted by Gasteiger charge is -2.31. The third-order valence-corrected chi connectivity index (χ3v) is 4.59. The molecule has 0 saturated carbocycles. The van der Waals surface area contributed by atoms with Crippen molar-refractivity contribution in [2.45, 2.75) is 41.5 Å². The van der Waals surface area contributed by atoms with Crippen molar-refractivity contribution in [3.63, 3.8) is 0 Å². The van der Waals surface area contributed by atoms with Crippen molar-refractivity contribution in [1.82, 2.24) is 4.90 Å². The second-order valence-electron chi connectivity index (χ2n) is 4.55. The van der Waals surface area contributed by atoms with Crippen LogP contribution in [0.1, 0.15) is 41.5 Å². The summed E-state index contributed by atoms with van der Waals surface area (Å²) in [5.74, 6) is 1.39. The minimum absolute atomic E-state index is 0.671. The first kappa shape index (κ1) is 13.8. The Morgan fingerprint density at radius 3 is 1.64 bits per heavy atom. The van der Waals surface area contributed by atoms with Crippen LogP contribution in [0.15, 0.2) is 10.9 Å². The molecular weight excluding hydrogens is 186 g/mol. The molecule has 2 heteroatoms. The van der Waals surface area contributed by atoms with E-state index >= 15 is 0 Å². The molecule has 0 N–H and O–H groups in total. The molecule has 14 heavy (non-hydrogen) atoms. The van der Waals surface area contributed by atoms with Crippen molar-refractivity contribution in [2.24, 2.45) is 11.8 Å². The molecule has 84 valence electrons. The van der Waals surface area contributed by atoms with Gasteiger partial charge in [0.25, 0.3) is 0 Å². The number of rotatable bonds is 5. The summed E-state index contributed by atoms with van der Waals surface area (Å²) in [5.41, 5.74) is 1.61. The molecular formula is C12H27NSi. The smallest absolute Gasteiger partial charge is 0.0359 e. The molecule has 0 fully saturated rings. The molecule has 0 aromatic heterocycles. The molecule has 0 heterocycles. The van der Waals surface area contributed by atoms with Crippen LogP contribution in [0.4, 0.5) is 0 Å². The van der Waals surface area contributed by atoms with Crippen LogP contribution in [-0.2, 0) is 0 Å². The fourth-order valence-corrected chi connectivity index (χ4v) is 2.82. The predicted octanol–water partition coefficient (Wildman–Crippen LogP) is 2.22. The van der Waals surface area contributed by atoms with Gasteiger partial charge in [0.15, 0.2) is 0 Å². The molecule has 0 amide bonds. The highest BCUT2D eigenvalue weighted by Crippen LogP contribution is 2.22. The summed E-state index contributed by atoms with van der Waals surface area (Å²) in [6.07, 6.45) is 0. The number of hydrogen-bond acceptors (Lipinski definition) is 1. The molecule has 0 aromatic rings. The minimum Gasteiger partial charge on any atom is -0.376 e. The van der Waals surface area contributed by atoms with E-state index in [9.17, 15) is 0 Å². The van der Waals surface area contributed by atoms with E-state index in [2.05, 4.69) is 46.4 Å². The van der Waals surface area contributed by atoms with Gasteiger partial charge >= 0.3 is 0 Å². The maximum atomic E-state index is 2.52. The van der Waals surface area contributed by atoms with Crippen LogP contribution in [0.3, 0.4) is 0 Å². The van der Waals surface area contributed by atoms with Crippen LogP contribution in [0.25, 0.3) is 0 Å². The lowest BCUT2D eigenvalue weighted by Crippen LogP contribution is -2.27. The zero-order valence-corrected chi connectivity index (χ0v) is 13.0. The summed E-state index contributed by atoms with van der Waals surface area (Å²) >= 11 is 0. The Bertz CT molecular complexity index is 190. The van der Waals surface area contributed by atoms with Gasteiger partial charge in [-0.15, -0.1) is 0 Å². The van der Waals surface area contributed by atoms with Crippen LogP contribution in [-0.4, -0.2) is 28.2 Å². The molecule has 0 rings (SSSR count). The lowest BCUT2D eigenvalue weighted by molar-refractivity contribution is 0.338. The van der Waals surface area contributed by atoms with E-state index in [1.807, 2.05) is 0 Å². The summed E-state index contributed by atoms with van der Waals surface area (Å²) in [6.45, 7) is 16.0. The Labute approximate surface area is 93.0 Å². The Kier molecular flexibility index (Phi) is 6.17. The van der Waals surface area contributed by atoms with Crippen LogP contribution in [0.2, 0.25) is 0 Å². The molecule has 0 unspecified atom stereocenters. The van der Waals surface area contributed by atoms with Gasteiger partial charge < -0.3 is 4.90 Å². The highest BCUT2D eigenvalue weighted by Gasteiger charge is 2.14. The Balaban J connectivity index is 5.01. The second kappa shape index (κ2) is 6.28. The third kappa shape index (κ3) is 3.49. The average molecular weight is 213 g/mol. The van der Waals surface area contributed by atoms with Crippen LogP contribution >= 0.6 is 0 Å². The second-order valence-corrected chi connectivity index (χ2v) is 5.63. The quantitative estimate of drug-likeness (QED) is 0.633. The molecule has 0 saturated heterocycles. The largest absolute Gasteiger partial charge is 0.376 e. The van der Waals surface area contributed by atoms with E-state index in [4.69, 9.17) is 0 Å². The summed E-state index contributed by atoms with van der Waals surface area (Å²) in [4.78, 5) is 2.52. The summed E-state index contributed by atoms with van der Waals surface area (Å²) in [6, 6.07) is 0. The lowest BCUT2D eigenvalue weighted by atomic mass is 10.0. The third-order valence-electron chi connectivity index (χ3n) is 2.92. The Morgan fingerprint density at radius 2 is 1.43 bits per heavy atom. The van der Waals surface area contributed by atoms with Gasteiger partial charge in [-0.3, -0.25) is 0 Å². The van der Waals surface area contributed by atoms with Gasteiger partial charge in [0.05, 0.1) is 0 Å². The van der Waals surface area contributed by atoms with E-state index in [1.165, 1.54) is 10.2 Å². The first-order valence-electron chi connectivity index (χ1n) is 5.91. The normalized spacial score (nSPS) is 13.7. The van der Waals surface area contributed by atoms with Crippen molar-refractivity contribution >= 4 is 10.2 Å².